The smallest absolute Gasteiger partial charge is 0.314 e. The summed E-state index contributed by atoms with van der Waals surface area (Å²) in [7, 11) is 1.34. The summed E-state index contributed by atoms with van der Waals surface area (Å²) in [4.78, 5) is 28.0. The molecule has 28 heavy (non-hydrogen) atoms. The van der Waals surface area contributed by atoms with E-state index in [2.05, 4.69) is 10.2 Å². The van der Waals surface area contributed by atoms with Crippen LogP contribution in [0, 0.1) is 17.8 Å². The van der Waals surface area contributed by atoms with Crippen LogP contribution in [0.3, 0.4) is 0 Å². The molecular formula is C21H26N2O5. The molecule has 4 aliphatic heterocycles. The molecule has 0 radical (unpaired) electrons. The normalized spacial score (nSPS) is 41.9. The molecule has 1 amide bonds. The Labute approximate surface area is 164 Å². The number of aliphatic hydroxyl groups excluding tert-OH is 1. The van der Waals surface area contributed by atoms with Gasteiger partial charge in [0.1, 0.15) is 5.92 Å². The summed E-state index contributed by atoms with van der Waals surface area (Å²) in [6.45, 7) is 3.56. The average Bonchev–Trinajstić information content (AvgIpc) is 3.20. The summed E-state index contributed by atoms with van der Waals surface area (Å²) >= 11 is 0. The monoisotopic (exact) mass is 386 g/mol. The number of hydrogen-bond donors (Lipinski definition) is 2. The molecule has 0 saturated carbocycles. The van der Waals surface area contributed by atoms with Gasteiger partial charge in [-0.3, -0.25) is 14.5 Å². The van der Waals surface area contributed by atoms with E-state index in [9.17, 15) is 14.7 Å². The second-order valence-corrected chi connectivity index (χ2v) is 8.58. The van der Waals surface area contributed by atoms with Gasteiger partial charge in [0.05, 0.1) is 18.6 Å². The van der Waals surface area contributed by atoms with E-state index in [0.29, 0.717) is 6.42 Å². The average molecular weight is 386 g/mol. The number of esters is 1. The maximum absolute atomic E-state index is 13.2. The van der Waals surface area contributed by atoms with Crippen LogP contribution < -0.4 is 5.32 Å². The first-order chi connectivity index (χ1) is 13.5. The maximum Gasteiger partial charge on any atom is 0.314 e. The van der Waals surface area contributed by atoms with E-state index in [-0.39, 0.29) is 29.9 Å². The van der Waals surface area contributed by atoms with Crippen molar-refractivity contribution in [2.24, 2.45) is 17.8 Å². The standard InChI is InChI=1S/C21H26N2O5/c1-11-13-10-23-8-7-21(14-5-3-4-6-15(14)22-20(21)26)16(23)9-12(13)17(18(24)27-2)19(25)28-11/h3-6,11-13,16-17,19,25H,7-10H2,1-2H3,(H,22,26)/t11-,12+,13+,16-,17-,19+,21-/m0/s1. The van der Waals surface area contributed by atoms with Gasteiger partial charge in [0, 0.05) is 24.2 Å². The van der Waals surface area contributed by atoms with Crippen LogP contribution in [0.1, 0.15) is 25.3 Å². The number of para-hydroxylation sites is 1. The van der Waals surface area contributed by atoms with Gasteiger partial charge in [-0.1, -0.05) is 18.2 Å². The van der Waals surface area contributed by atoms with E-state index in [0.717, 1.165) is 30.8 Å². The summed E-state index contributed by atoms with van der Waals surface area (Å²) in [5, 5.41) is 13.5. The Morgan fingerprint density at radius 2 is 2.14 bits per heavy atom. The number of rotatable bonds is 1. The zero-order valence-corrected chi connectivity index (χ0v) is 16.1. The zero-order chi connectivity index (χ0) is 19.6. The van der Waals surface area contributed by atoms with Gasteiger partial charge in [-0.15, -0.1) is 0 Å². The van der Waals surface area contributed by atoms with E-state index in [4.69, 9.17) is 9.47 Å². The molecule has 4 heterocycles. The second kappa shape index (κ2) is 6.27. The third kappa shape index (κ3) is 2.27. The van der Waals surface area contributed by atoms with Gasteiger partial charge in [-0.25, -0.2) is 0 Å². The van der Waals surface area contributed by atoms with Crippen LogP contribution in [0.5, 0.6) is 0 Å². The third-order valence-electron chi connectivity index (χ3n) is 7.55. The van der Waals surface area contributed by atoms with Crippen molar-refractivity contribution in [3.05, 3.63) is 29.8 Å². The van der Waals surface area contributed by atoms with Crippen molar-refractivity contribution in [2.45, 2.75) is 43.6 Å². The first-order valence-corrected chi connectivity index (χ1v) is 10.0. The summed E-state index contributed by atoms with van der Waals surface area (Å²) in [6.07, 6.45) is 0.109. The van der Waals surface area contributed by atoms with E-state index in [1.165, 1.54) is 7.11 Å². The van der Waals surface area contributed by atoms with Crippen LogP contribution in [0.4, 0.5) is 5.69 Å². The number of nitrogens with one attached hydrogen (secondary N) is 1. The van der Waals surface area contributed by atoms with E-state index >= 15 is 0 Å². The van der Waals surface area contributed by atoms with Crippen LogP contribution in [0.2, 0.25) is 0 Å². The van der Waals surface area contributed by atoms with Gasteiger partial charge in [0.15, 0.2) is 6.29 Å². The number of methoxy groups -OCH3 is 1. The molecule has 4 aliphatic rings. The fourth-order valence-corrected chi connectivity index (χ4v) is 6.23. The van der Waals surface area contributed by atoms with Crippen molar-refractivity contribution in [1.82, 2.24) is 4.90 Å². The fraction of sp³-hybridized carbons (Fsp3) is 0.619. The number of nitrogens with zero attached hydrogens (tertiary/aromatic N) is 1. The number of ether oxygens (including phenoxy) is 2. The third-order valence-corrected chi connectivity index (χ3v) is 7.55. The van der Waals surface area contributed by atoms with Crippen molar-refractivity contribution in [3.63, 3.8) is 0 Å². The largest absolute Gasteiger partial charge is 0.469 e. The Hall–Kier alpha value is -1.96. The molecule has 1 aromatic carbocycles. The molecule has 7 atom stereocenters. The van der Waals surface area contributed by atoms with Gasteiger partial charge < -0.3 is 19.9 Å². The molecule has 2 N–H and O–H groups in total. The molecular weight excluding hydrogens is 360 g/mol. The molecule has 3 fully saturated rings. The van der Waals surface area contributed by atoms with Crippen LogP contribution in [0.15, 0.2) is 24.3 Å². The minimum Gasteiger partial charge on any atom is -0.469 e. The number of amides is 1. The Balaban J connectivity index is 1.54. The number of hydrogen-bond acceptors (Lipinski definition) is 6. The van der Waals surface area contributed by atoms with Gasteiger partial charge in [0.25, 0.3) is 0 Å². The highest BCUT2D eigenvalue weighted by molar-refractivity contribution is 6.07. The van der Waals surface area contributed by atoms with Crippen molar-refractivity contribution in [3.8, 4) is 0 Å². The molecule has 7 nitrogen and oxygen atoms in total. The number of carbonyl (C=O) groups is 2. The molecule has 0 unspecified atom stereocenters. The van der Waals surface area contributed by atoms with Crippen molar-refractivity contribution in [1.29, 1.82) is 0 Å². The van der Waals surface area contributed by atoms with Gasteiger partial charge in [-0.2, -0.15) is 0 Å². The first-order valence-electron chi connectivity index (χ1n) is 10.0. The number of anilines is 1. The fourth-order valence-electron chi connectivity index (χ4n) is 6.23. The van der Waals surface area contributed by atoms with E-state index in [1.54, 1.807) is 0 Å². The highest BCUT2D eigenvalue weighted by atomic mass is 16.6. The Morgan fingerprint density at radius 3 is 2.93 bits per heavy atom. The molecule has 1 spiro atoms. The Bertz CT molecular complexity index is 829. The van der Waals surface area contributed by atoms with Crippen LogP contribution in [0.25, 0.3) is 0 Å². The lowest BCUT2D eigenvalue weighted by Gasteiger charge is -2.51. The number of benzene rings is 1. The molecule has 0 aromatic heterocycles. The lowest BCUT2D eigenvalue weighted by molar-refractivity contribution is -0.244. The Morgan fingerprint density at radius 1 is 1.36 bits per heavy atom. The highest BCUT2D eigenvalue weighted by Crippen LogP contribution is 2.54. The van der Waals surface area contributed by atoms with Gasteiger partial charge in [0.2, 0.25) is 5.91 Å². The lowest BCUT2D eigenvalue weighted by Crippen LogP contribution is -2.61. The predicted molar refractivity (Wildman–Crippen MR) is 100 cm³/mol. The first kappa shape index (κ1) is 18.1. The zero-order valence-electron chi connectivity index (χ0n) is 16.1. The number of carbonyl (C=O) groups excluding carboxylic acids is 2. The molecule has 1 aromatic rings. The van der Waals surface area contributed by atoms with Crippen molar-refractivity contribution < 1.29 is 24.2 Å². The summed E-state index contributed by atoms with van der Waals surface area (Å²) < 4.78 is 10.7. The van der Waals surface area contributed by atoms with E-state index < -0.39 is 23.6 Å². The number of aliphatic hydroxyl groups is 1. The predicted octanol–water partition coefficient (Wildman–Crippen LogP) is 1.11. The van der Waals surface area contributed by atoms with Crippen LogP contribution >= 0.6 is 0 Å². The molecule has 3 saturated heterocycles. The summed E-state index contributed by atoms with van der Waals surface area (Å²) in [6, 6.07) is 7.91. The van der Waals surface area contributed by atoms with Crippen LogP contribution in [-0.2, 0) is 24.5 Å². The van der Waals surface area contributed by atoms with Gasteiger partial charge >= 0.3 is 5.97 Å². The minimum absolute atomic E-state index is 0.00190. The SMILES string of the molecule is COC(=O)[C@@H]1[C@@H]2C[C@@H]3N(CC[C@@]34C(=O)Nc3ccccc34)C[C@@H]2[C@H](C)O[C@H]1O. The molecule has 5 rings (SSSR count). The highest BCUT2D eigenvalue weighted by Gasteiger charge is 2.62. The Kier molecular flexibility index (Phi) is 4.05. The molecule has 0 bridgehead atoms. The van der Waals surface area contributed by atoms with Gasteiger partial charge in [-0.05, 0) is 43.9 Å². The summed E-state index contributed by atoms with van der Waals surface area (Å²) in [5.41, 5.74) is 1.36. The summed E-state index contributed by atoms with van der Waals surface area (Å²) in [5.74, 6) is -1.06. The van der Waals surface area contributed by atoms with Crippen LogP contribution in [-0.4, -0.2) is 60.5 Å². The van der Waals surface area contributed by atoms with Crippen molar-refractivity contribution in [2.75, 3.05) is 25.5 Å². The number of piperidine rings is 1. The quantitative estimate of drug-likeness (QED) is 0.703. The molecule has 7 heteroatoms. The topological polar surface area (TPSA) is 88.1 Å². The maximum atomic E-state index is 13.2. The van der Waals surface area contributed by atoms with Crippen molar-refractivity contribution >= 4 is 17.6 Å². The minimum atomic E-state index is -1.17. The van der Waals surface area contributed by atoms with E-state index in [1.807, 2.05) is 31.2 Å². The lowest BCUT2D eigenvalue weighted by atomic mass is 9.64. The number of fused-ring (bicyclic) bond motifs is 5. The molecule has 0 aliphatic carbocycles. The molecule has 150 valence electrons. The second-order valence-electron chi connectivity index (χ2n) is 8.58.